The van der Waals surface area contributed by atoms with E-state index < -0.39 is 34.1 Å². The molecule has 0 fully saturated rings. The summed E-state index contributed by atoms with van der Waals surface area (Å²) in [6, 6.07) is 19.0. The number of hydrogen-bond acceptors (Lipinski definition) is 5. The highest BCUT2D eigenvalue weighted by Gasteiger charge is 2.34. The molecule has 1 N–H and O–H groups in total. The summed E-state index contributed by atoms with van der Waals surface area (Å²) >= 11 is 6.05. The Kier molecular flexibility index (Phi) is 9.87. The van der Waals surface area contributed by atoms with Gasteiger partial charge in [-0.2, -0.15) is 0 Å². The van der Waals surface area contributed by atoms with Gasteiger partial charge in [0.25, 0.3) is 10.0 Å². The Balaban J connectivity index is 2.09. The lowest BCUT2D eigenvalue weighted by Gasteiger charge is -2.33. The lowest BCUT2D eigenvalue weighted by atomic mass is 10.1. The fourth-order valence-corrected chi connectivity index (χ4v) is 5.63. The SMILES string of the molecule is COc1ccc(C)cc1N(CC(=O)N(Cc1ccc(Cl)cc1)[C@@H](C)C(=O)NC(C)(C)C)S(=O)(=O)c1ccccc1. The van der Waals surface area contributed by atoms with Gasteiger partial charge in [0.15, 0.2) is 0 Å². The zero-order valence-electron chi connectivity index (χ0n) is 23.6. The first kappa shape index (κ1) is 31.0. The van der Waals surface area contributed by atoms with E-state index in [1.165, 1.54) is 24.1 Å². The number of nitrogens with one attached hydrogen (secondary N) is 1. The molecule has 1 atom stereocenters. The number of carbonyl (C=O) groups excluding carboxylic acids is 2. The van der Waals surface area contributed by atoms with E-state index in [0.29, 0.717) is 10.8 Å². The molecule has 40 heavy (non-hydrogen) atoms. The van der Waals surface area contributed by atoms with Crippen LogP contribution in [0.15, 0.2) is 77.7 Å². The summed E-state index contributed by atoms with van der Waals surface area (Å²) in [6.07, 6.45) is 0. The van der Waals surface area contributed by atoms with Crippen molar-refractivity contribution in [2.24, 2.45) is 0 Å². The first-order valence-electron chi connectivity index (χ1n) is 12.8. The molecule has 0 heterocycles. The van der Waals surface area contributed by atoms with E-state index in [1.54, 1.807) is 67.6 Å². The third-order valence-electron chi connectivity index (χ3n) is 6.14. The highest BCUT2D eigenvalue weighted by Crippen LogP contribution is 2.33. The van der Waals surface area contributed by atoms with E-state index >= 15 is 0 Å². The smallest absolute Gasteiger partial charge is 0.264 e. The molecule has 3 aromatic rings. The molecule has 214 valence electrons. The second-order valence-corrected chi connectivity index (χ2v) is 12.9. The lowest BCUT2D eigenvalue weighted by Crippen LogP contribution is -2.54. The number of halogens is 1. The molecule has 0 aromatic heterocycles. The molecule has 0 aliphatic rings. The number of sulfonamides is 1. The van der Waals surface area contributed by atoms with Crippen LogP contribution in [0.25, 0.3) is 0 Å². The van der Waals surface area contributed by atoms with Crippen LogP contribution in [0.1, 0.15) is 38.8 Å². The van der Waals surface area contributed by atoms with Gasteiger partial charge in [-0.3, -0.25) is 13.9 Å². The standard InChI is InChI=1S/C30H36ClN3O5S/c1-21-12-17-27(39-6)26(18-21)34(40(37,38)25-10-8-7-9-11-25)20-28(35)33(19-23-13-15-24(31)16-14-23)22(2)29(36)32-30(3,4)5/h7-18,22H,19-20H2,1-6H3,(H,32,36)/t22-/m0/s1. The van der Waals surface area contributed by atoms with E-state index in [2.05, 4.69) is 5.32 Å². The van der Waals surface area contributed by atoms with Crippen molar-refractivity contribution in [2.45, 2.75) is 57.6 Å². The van der Waals surface area contributed by atoms with E-state index in [9.17, 15) is 18.0 Å². The Morgan fingerprint density at radius 2 is 1.62 bits per heavy atom. The van der Waals surface area contributed by atoms with Crippen LogP contribution in [0.2, 0.25) is 5.02 Å². The van der Waals surface area contributed by atoms with E-state index in [1.807, 2.05) is 27.7 Å². The largest absolute Gasteiger partial charge is 0.495 e. The molecule has 0 bridgehead atoms. The van der Waals surface area contributed by atoms with E-state index in [-0.39, 0.29) is 23.0 Å². The second-order valence-electron chi connectivity index (χ2n) is 10.6. The molecule has 3 aromatic carbocycles. The number of rotatable bonds is 10. The predicted molar refractivity (Wildman–Crippen MR) is 158 cm³/mol. The van der Waals surface area contributed by atoms with Crippen LogP contribution < -0.4 is 14.4 Å². The van der Waals surface area contributed by atoms with E-state index in [4.69, 9.17) is 16.3 Å². The van der Waals surface area contributed by atoms with Crippen molar-refractivity contribution in [3.05, 3.63) is 88.9 Å². The highest BCUT2D eigenvalue weighted by molar-refractivity contribution is 7.92. The molecule has 0 saturated carbocycles. The molecule has 8 nitrogen and oxygen atoms in total. The average Bonchev–Trinajstić information content (AvgIpc) is 2.90. The van der Waals surface area contributed by atoms with Gasteiger partial charge in [-0.25, -0.2) is 8.42 Å². The number of benzene rings is 3. The Morgan fingerprint density at radius 1 is 1.00 bits per heavy atom. The Morgan fingerprint density at radius 3 is 2.20 bits per heavy atom. The van der Waals surface area contributed by atoms with Crippen molar-refractivity contribution in [3.8, 4) is 5.75 Å². The van der Waals surface area contributed by atoms with Gasteiger partial charge in [0.2, 0.25) is 11.8 Å². The van der Waals surface area contributed by atoms with Crippen molar-refractivity contribution < 1.29 is 22.7 Å². The Labute approximate surface area is 241 Å². The first-order valence-corrected chi connectivity index (χ1v) is 14.6. The van der Waals surface area contributed by atoms with Crippen LogP contribution >= 0.6 is 11.6 Å². The molecule has 3 rings (SSSR count). The van der Waals surface area contributed by atoms with Crippen molar-refractivity contribution in [2.75, 3.05) is 18.0 Å². The number of amides is 2. The summed E-state index contributed by atoms with van der Waals surface area (Å²) in [6.45, 7) is 8.50. The number of anilines is 1. The molecule has 0 aliphatic carbocycles. The number of ether oxygens (including phenoxy) is 1. The first-order chi connectivity index (χ1) is 18.7. The average molecular weight is 586 g/mol. The molecule has 0 saturated heterocycles. The predicted octanol–water partition coefficient (Wildman–Crippen LogP) is 5.18. The quantitative estimate of drug-likeness (QED) is 0.353. The van der Waals surface area contributed by atoms with Crippen LogP contribution in [0.5, 0.6) is 5.75 Å². The zero-order chi connectivity index (χ0) is 29.7. The van der Waals surface area contributed by atoms with Crippen LogP contribution in [0, 0.1) is 6.92 Å². The van der Waals surface area contributed by atoms with Gasteiger partial charge in [0.1, 0.15) is 18.3 Å². The summed E-state index contributed by atoms with van der Waals surface area (Å²) in [5.74, 6) is -0.629. The maximum Gasteiger partial charge on any atom is 0.264 e. The van der Waals surface area contributed by atoms with Gasteiger partial charge in [-0.15, -0.1) is 0 Å². The van der Waals surface area contributed by atoms with Crippen LogP contribution in [-0.2, 0) is 26.2 Å². The highest BCUT2D eigenvalue weighted by atomic mass is 35.5. The third kappa shape index (κ3) is 7.76. The second kappa shape index (κ2) is 12.7. The summed E-state index contributed by atoms with van der Waals surface area (Å²) in [5.41, 5.74) is 1.21. The number of carbonyl (C=O) groups is 2. The molecule has 2 amide bonds. The molecular weight excluding hydrogens is 550 g/mol. The van der Waals surface area contributed by atoms with Gasteiger partial charge in [0, 0.05) is 17.1 Å². The van der Waals surface area contributed by atoms with Crippen LogP contribution in [0.3, 0.4) is 0 Å². The molecular formula is C30H36ClN3O5S. The van der Waals surface area contributed by atoms with Crippen LogP contribution in [-0.4, -0.2) is 50.4 Å². The van der Waals surface area contributed by atoms with Gasteiger partial charge >= 0.3 is 0 Å². The number of nitrogens with zero attached hydrogens (tertiary/aromatic N) is 2. The summed E-state index contributed by atoms with van der Waals surface area (Å²) in [5, 5.41) is 3.44. The maximum absolute atomic E-state index is 14.0. The monoisotopic (exact) mass is 585 g/mol. The molecule has 0 unspecified atom stereocenters. The summed E-state index contributed by atoms with van der Waals surface area (Å²) in [7, 11) is -2.76. The van der Waals surface area contributed by atoms with Crippen molar-refractivity contribution >= 4 is 39.1 Å². The minimum absolute atomic E-state index is 0.0223. The van der Waals surface area contributed by atoms with E-state index in [0.717, 1.165) is 15.4 Å². The topological polar surface area (TPSA) is 96.0 Å². The summed E-state index contributed by atoms with van der Waals surface area (Å²) < 4.78 is 34.5. The molecule has 10 heteroatoms. The third-order valence-corrected chi connectivity index (χ3v) is 8.17. The van der Waals surface area contributed by atoms with Gasteiger partial charge in [-0.1, -0.05) is 48.0 Å². The van der Waals surface area contributed by atoms with Gasteiger partial charge in [-0.05, 0) is 82.1 Å². The molecule has 0 spiro atoms. The minimum atomic E-state index is -4.20. The fourth-order valence-electron chi connectivity index (χ4n) is 4.07. The minimum Gasteiger partial charge on any atom is -0.495 e. The zero-order valence-corrected chi connectivity index (χ0v) is 25.2. The fraction of sp³-hybridized carbons (Fsp3) is 0.333. The number of methoxy groups -OCH3 is 1. The van der Waals surface area contributed by atoms with Gasteiger partial charge in [0.05, 0.1) is 17.7 Å². The molecule has 0 radical (unpaired) electrons. The Bertz CT molecular complexity index is 1440. The van der Waals surface area contributed by atoms with Crippen molar-refractivity contribution in [1.29, 1.82) is 0 Å². The Hall–Kier alpha value is -3.56. The summed E-state index contributed by atoms with van der Waals surface area (Å²) in [4.78, 5) is 28.6. The van der Waals surface area contributed by atoms with Gasteiger partial charge < -0.3 is 15.0 Å². The normalized spacial score (nSPS) is 12.4. The maximum atomic E-state index is 14.0. The van der Waals surface area contributed by atoms with Crippen molar-refractivity contribution in [1.82, 2.24) is 10.2 Å². The number of hydrogen-bond donors (Lipinski definition) is 1. The number of aryl methyl sites for hydroxylation is 1. The lowest BCUT2D eigenvalue weighted by molar-refractivity contribution is -0.140. The van der Waals surface area contributed by atoms with Crippen molar-refractivity contribution in [3.63, 3.8) is 0 Å². The molecule has 0 aliphatic heterocycles. The van der Waals surface area contributed by atoms with Crippen LogP contribution in [0.4, 0.5) is 5.69 Å².